The van der Waals surface area contributed by atoms with Crippen LogP contribution in [0.2, 0.25) is 0 Å². The van der Waals surface area contributed by atoms with E-state index in [4.69, 9.17) is 5.73 Å². The topological polar surface area (TPSA) is 38.4 Å². The van der Waals surface area contributed by atoms with E-state index in [-0.39, 0.29) is 5.82 Å². The number of rotatable bonds is 3. The molecule has 2 nitrogen and oxygen atoms in total. The fourth-order valence-electron chi connectivity index (χ4n) is 1.26. The number of aliphatic imine (C=N–C) groups is 1. The van der Waals surface area contributed by atoms with Crippen LogP contribution in [0, 0.1) is 12.7 Å². The summed E-state index contributed by atoms with van der Waals surface area (Å²) in [4.78, 5) is 4.12. The van der Waals surface area contributed by atoms with Crippen LogP contribution in [0.4, 0.5) is 10.1 Å². The lowest BCUT2D eigenvalue weighted by molar-refractivity contribution is 0.627. The standard InChI is InChI=1S/C11H15FN2/c1-3-4-11(13)14-10-6-8(2)5-9(12)7-10/h5-7H,3-4H2,1-2H3,(H2,13,14). The van der Waals surface area contributed by atoms with E-state index in [2.05, 4.69) is 4.99 Å². The Bertz CT molecular complexity index is 325. The number of halogens is 1. The Labute approximate surface area is 83.7 Å². The zero-order valence-electron chi connectivity index (χ0n) is 8.55. The van der Waals surface area contributed by atoms with Crippen LogP contribution in [0.3, 0.4) is 0 Å². The van der Waals surface area contributed by atoms with Crippen LogP contribution in [0.25, 0.3) is 0 Å². The van der Waals surface area contributed by atoms with Crippen LogP contribution in [-0.4, -0.2) is 5.84 Å². The first-order chi connectivity index (χ1) is 6.61. The third-order valence-electron chi connectivity index (χ3n) is 1.81. The predicted octanol–water partition coefficient (Wildman–Crippen LogP) is 2.92. The molecule has 0 fully saturated rings. The quantitative estimate of drug-likeness (QED) is 0.583. The Morgan fingerprint density at radius 1 is 1.43 bits per heavy atom. The molecule has 0 radical (unpaired) electrons. The lowest BCUT2D eigenvalue weighted by Gasteiger charge is -2.00. The Hall–Kier alpha value is -1.38. The highest BCUT2D eigenvalue weighted by molar-refractivity contribution is 5.83. The molecule has 0 saturated heterocycles. The van der Waals surface area contributed by atoms with Crippen molar-refractivity contribution in [3.8, 4) is 0 Å². The fourth-order valence-corrected chi connectivity index (χ4v) is 1.26. The summed E-state index contributed by atoms with van der Waals surface area (Å²) in [5.41, 5.74) is 7.09. The first-order valence-electron chi connectivity index (χ1n) is 4.72. The number of benzene rings is 1. The fraction of sp³-hybridized carbons (Fsp3) is 0.364. The first kappa shape index (κ1) is 10.7. The minimum Gasteiger partial charge on any atom is -0.387 e. The van der Waals surface area contributed by atoms with E-state index in [0.29, 0.717) is 11.5 Å². The van der Waals surface area contributed by atoms with Crippen molar-refractivity contribution < 1.29 is 4.39 Å². The van der Waals surface area contributed by atoms with E-state index < -0.39 is 0 Å². The monoisotopic (exact) mass is 194 g/mol. The second kappa shape index (κ2) is 4.74. The highest BCUT2D eigenvalue weighted by atomic mass is 19.1. The molecule has 0 aromatic heterocycles. The summed E-state index contributed by atoms with van der Waals surface area (Å²) in [6.45, 7) is 3.86. The van der Waals surface area contributed by atoms with Crippen molar-refractivity contribution in [2.75, 3.05) is 0 Å². The summed E-state index contributed by atoms with van der Waals surface area (Å²) in [5, 5.41) is 0. The number of amidine groups is 1. The van der Waals surface area contributed by atoms with Gasteiger partial charge in [-0.2, -0.15) is 0 Å². The van der Waals surface area contributed by atoms with Gasteiger partial charge in [0.1, 0.15) is 5.82 Å². The Kier molecular flexibility index (Phi) is 3.63. The first-order valence-corrected chi connectivity index (χ1v) is 4.72. The zero-order chi connectivity index (χ0) is 10.6. The molecule has 14 heavy (non-hydrogen) atoms. The SMILES string of the molecule is CCCC(N)=Nc1cc(C)cc(F)c1. The van der Waals surface area contributed by atoms with Gasteiger partial charge in [-0.25, -0.2) is 9.38 Å². The van der Waals surface area contributed by atoms with Gasteiger partial charge >= 0.3 is 0 Å². The summed E-state index contributed by atoms with van der Waals surface area (Å²) < 4.78 is 13.0. The van der Waals surface area contributed by atoms with E-state index in [9.17, 15) is 4.39 Å². The Morgan fingerprint density at radius 2 is 2.14 bits per heavy atom. The van der Waals surface area contributed by atoms with Gasteiger partial charge in [0, 0.05) is 6.42 Å². The van der Waals surface area contributed by atoms with Crippen LogP contribution < -0.4 is 5.73 Å². The third kappa shape index (κ3) is 3.17. The molecule has 0 unspecified atom stereocenters. The molecule has 1 rings (SSSR count). The second-order valence-electron chi connectivity index (χ2n) is 3.34. The number of aryl methyl sites for hydroxylation is 1. The largest absolute Gasteiger partial charge is 0.387 e. The maximum absolute atomic E-state index is 13.0. The second-order valence-corrected chi connectivity index (χ2v) is 3.34. The molecule has 0 heterocycles. The third-order valence-corrected chi connectivity index (χ3v) is 1.81. The average Bonchev–Trinajstić information content (AvgIpc) is 2.01. The minimum absolute atomic E-state index is 0.270. The molecule has 1 aromatic carbocycles. The molecule has 0 atom stereocenters. The molecule has 0 aliphatic rings. The van der Waals surface area contributed by atoms with Crippen LogP contribution in [-0.2, 0) is 0 Å². The molecule has 0 spiro atoms. The molecule has 0 saturated carbocycles. The van der Waals surface area contributed by atoms with Crippen LogP contribution in [0.1, 0.15) is 25.3 Å². The predicted molar refractivity (Wildman–Crippen MR) is 57.3 cm³/mol. The van der Waals surface area contributed by atoms with Gasteiger partial charge in [0.25, 0.3) is 0 Å². The summed E-state index contributed by atoms with van der Waals surface area (Å²) in [6.07, 6.45) is 1.69. The van der Waals surface area contributed by atoms with Crippen molar-refractivity contribution in [3.05, 3.63) is 29.6 Å². The van der Waals surface area contributed by atoms with Crippen molar-refractivity contribution in [3.63, 3.8) is 0 Å². The minimum atomic E-state index is -0.270. The van der Waals surface area contributed by atoms with Gasteiger partial charge < -0.3 is 5.73 Å². The average molecular weight is 194 g/mol. The van der Waals surface area contributed by atoms with E-state index in [1.165, 1.54) is 12.1 Å². The van der Waals surface area contributed by atoms with Gasteiger partial charge in [0.2, 0.25) is 0 Å². The van der Waals surface area contributed by atoms with E-state index >= 15 is 0 Å². The molecule has 1 aromatic rings. The Balaban J connectivity index is 2.90. The molecule has 0 aliphatic carbocycles. The maximum Gasteiger partial charge on any atom is 0.125 e. The number of hydrogen-bond donors (Lipinski definition) is 1. The van der Waals surface area contributed by atoms with Gasteiger partial charge in [0.15, 0.2) is 0 Å². The molecular formula is C11H15FN2. The summed E-state index contributed by atoms with van der Waals surface area (Å²) in [7, 11) is 0. The summed E-state index contributed by atoms with van der Waals surface area (Å²) in [6, 6.07) is 4.66. The van der Waals surface area contributed by atoms with Gasteiger partial charge in [-0.3, -0.25) is 0 Å². The van der Waals surface area contributed by atoms with Crippen molar-refractivity contribution >= 4 is 11.5 Å². The van der Waals surface area contributed by atoms with E-state index in [1.54, 1.807) is 0 Å². The lowest BCUT2D eigenvalue weighted by atomic mass is 10.2. The van der Waals surface area contributed by atoms with E-state index in [0.717, 1.165) is 18.4 Å². The van der Waals surface area contributed by atoms with Gasteiger partial charge in [0.05, 0.1) is 11.5 Å². The van der Waals surface area contributed by atoms with Crippen LogP contribution >= 0.6 is 0 Å². The number of nitrogens with zero attached hydrogens (tertiary/aromatic N) is 1. The van der Waals surface area contributed by atoms with E-state index in [1.807, 2.05) is 19.9 Å². The highest BCUT2D eigenvalue weighted by Crippen LogP contribution is 2.16. The van der Waals surface area contributed by atoms with Crippen molar-refractivity contribution in [1.82, 2.24) is 0 Å². The van der Waals surface area contributed by atoms with Crippen LogP contribution in [0.15, 0.2) is 23.2 Å². The molecule has 76 valence electrons. The molecule has 0 amide bonds. The van der Waals surface area contributed by atoms with Crippen molar-refractivity contribution in [2.45, 2.75) is 26.7 Å². The lowest BCUT2D eigenvalue weighted by Crippen LogP contribution is -2.09. The molecule has 2 N–H and O–H groups in total. The molecule has 0 aliphatic heterocycles. The summed E-state index contributed by atoms with van der Waals surface area (Å²) >= 11 is 0. The molecule has 3 heteroatoms. The summed E-state index contributed by atoms with van der Waals surface area (Å²) in [5.74, 6) is 0.283. The highest BCUT2D eigenvalue weighted by Gasteiger charge is 1.97. The van der Waals surface area contributed by atoms with Gasteiger partial charge in [-0.05, 0) is 37.1 Å². The number of nitrogens with two attached hydrogens (primary N) is 1. The number of hydrogen-bond acceptors (Lipinski definition) is 1. The zero-order valence-corrected chi connectivity index (χ0v) is 8.55. The normalized spacial score (nSPS) is 11.8. The smallest absolute Gasteiger partial charge is 0.125 e. The van der Waals surface area contributed by atoms with Crippen LogP contribution in [0.5, 0.6) is 0 Å². The molecular weight excluding hydrogens is 179 g/mol. The molecule has 0 bridgehead atoms. The Morgan fingerprint density at radius 3 is 2.71 bits per heavy atom. The maximum atomic E-state index is 13.0. The van der Waals surface area contributed by atoms with Crippen molar-refractivity contribution in [1.29, 1.82) is 0 Å². The van der Waals surface area contributed by atoms with Gasteiger partial charge in [-0.1, -0.05) is 6.92 Å². The van der Waals surface area contributed by atoms with Gasteiger partial charge in [-0.15, -0.1) is 0 Å². The van der Waals surface area contributed by atoms with Crippen molar-refractivity contribution in [2.24, 2.45) is 10.7 Å².